The van der Waals surface area contributed by atoms with Crippen molar-refractivity contribution in [3.63, 3.8) is 0 Å². The predicted octanol–water partition coefficient (Wildman–Crippen LogP) is 4.64. The van der Waals surface area contributed by atoms with E-state index in [1.807, 2.05) is 18.2 Å². The monoisotopic (exact) mass is 498 g/mol. The highest BCUT2D eigenvalue weighted by Crippen LogP contribution is 2.30. The van der Waals surface area contributed by atoms with Crippen molar-refractivity contribution in [2.75, 3.05) is 44.2 Å². The highest BCUT2D eigenvalue weighted by Gasteiger charge is 2.20. The second-order valence-electron chi connectivity index (χ2n) is 9.01. The SMILES string of the molecule is CCc1ccc2nc(N3CCN(CCNC(=O)c4ccc(C(=O)c5ccccc5)cc4)CC3)sc2c1. The lowest BCUT2D eigenvalue weighted by Crippen LogP contribution is -2.48. The molecule has 1 saturated heterocycles. The van der Waals surface area contributed by atoms with Gasteiger partial charge in [-0.25, -0.2) is 4.98 Å². The summed E-state index contributed by atoms with van der Waals surface area (Å²) >= 11 is 1.77. The third kappa shape index (κ3) is 5.48. The number of hydrogen-bond donors (Lipinski definition) is 1. The number of hydrogen-bond acceptors (Lipinski definition) is 6. The van der Waals surface area contributed by atoms with E-state index in [0.717, 1.165) is 49.8 Å². The zero-order valence-electron chi connectivity index (χ0n) is 20.4. The Bertz CT molecular complexity index is 1340. The number of amides is 1. The molecule has 0 unspecified atom stereocenters. The molecule has 1 aliphatic heterocycles. The summed E-state index contributed by atoms with van der Waals surface area (Å²) < 4.78 is 1.26. The van der Waals surface area contributed by atoms with Crippen LogP contribution in [-0.2, 0) is 6.42 Å². The molecule has 1 N–H and O–H groups in total. The van der Waals surface area contributed by atoms with Crippen molar-refractivity contribution in [3.8, 4) is 0 Å². The smallest absolute Gasteiger partial charge is 0.251 e. The topological polar surface area (TPSA) is 65.5 Å². The minimum absolute atomic E-state index is 0.0433. The Kier molecular flexibility index (Phi) is 7.39. The van der Waals surface area contributed by atoms with Crippen LogP contribution in [0.1, 0.15) is 38.8 Å². The van der Waals surface area contributed by atoms with E-state index >= 15 is 0 Å². The minimum atomic E-state index is -0.117. The molecule has 5 rings (SSSR count). The normalized spacial score (nSPS) is 14.2. The summed E-state index contributed by atoms with van der Waals surface area (Å²) in [5.41, 5.74) is 4.21. The van der Waals surface area contributed by atoms with Gasteiger partial charge in [-0.1, -0.05) is 66.8 Å². The van der Waals surface area contributed by atoms with E-state index in [1.165, 1.54) is 10.3 Å². The maximum absolute atomic E-state index is 12.6. The molecule has 1 amide bonds. The first kappa shape index (κ1) is 24.2. The van der Waals surface area contributed by atoms with Gasteiger partial charge in [-0.2, -0.15) is 0 Å². The molecule has 184 valence electrons. The van der Waals surface area contributed by atoms with Gasteiger partial charge in [0.1, 0.15) is 0 Å². The number of nitrogens with zero attached hydrogens (tertiary/aromatic N) is 3. The molecule has 0 bridgehead atoms. The van der Waals surface area contributed by atoms with Crippen molar-refractivity contribution in [2.45, 2.75) is 13.3 Å². The fourth-order valence-electron chi connectivity index (χ4n) is 4.43. The Morgan fingerprint density at radius 2 is 1.58 bits per heavy atom. The average Bonchev–Trinajstić information content (AvgIpc) is 3.37. The molecule has 0 radical (unpaired) electrons. The molecule has 7 heteroatoms. The number of anilines is 1. The number of aryl methyl sites for hydroxylation is 1. The van der Waals surface area contributed by atoms with E-state index in [4.69, 9.17) is 4.98 Å². The lowest BCUT2D eigenvalue weighted by molar-refractivity contribution is 0.0946. The van der Waals surface area contributed by atoms with Gasteiger partial charge in [0.15, 0.2) is 10.9 Å². The van der Waals surface area contributed by atoms with E-state index in [1.54, 1.807) is 47.7 Å². The van der Waals surface area contributed by atoms with Gasteiger partial charge in [0.25, 0.3) is 5.91 Å². The quantitative estimate of drug-likeness (QED) is 0.359. The number of rotatable bonds is 8. The van der Waals surface area contributed by atoms with Gasteiger partial charge in [-0.3, -0.25) is 14.5 Å². The van der Waals surface area contributed by atoms with Crippen LogP contribution in [0.5, 0.6) is 0 Å². The van der Waals surface area contributed by atoms with Gasteiger partial charge in [-0.15, -0.1) is 0 Å². The van der Waals surface area contributed by atoms with Crippen LogP contribution in [-0.4, -0.2) is 60.8 Å². The second kappa shape index (κ2) is 11.0. The maximum atomic E-state index is 12.6. The number of nitrogens with one attached hydrogen (secondary N) is 1. The van der Waals surface area contributed by atoms with Crippen LogP contribution >= 0.6 is 11.3 Å². The number of aromatic nitrogens is 1. The van der Waals surface area contributed by atoms with Gasteiger partial charge in [0.05, 0.1) is 10.2 Å². The molecule has 0 atom stereocenters. The average molecular weight is 499 g/mol. The first-order valence-electron chi connectivity index (χ1n) is 12.5. The third-order valence-corrected chi connectivity index (χ3v) is 7.73. The lowest BCUT2D eigenvalue weighted by atomic mass is 10.0. The van der Waals surface area contributed by atoms with Gasteiger partial charge in [0, 0.05) is 56.0 Å². The summed E-state index contributed by atoms with van der Waals surface area (Å²) in [4.78, 5) is 34.7. The summed E-state index contributed by atoms with van der Waals surface area (Å²) in [7, 11) is 0. The van der Waals surface area contributed by atoms with Crippen LogP contribution in [0.25, 0.3) is 10.2 Å². The molecular weight excluding hydrogens is 468 g/mol. The first-order chi connectivity index (χ1) is 17.6. The lowest BCUT2D eigenvalue weighted by Gasteiger charge is -2.34. The summed E-state index contributed by atoms with van der Waals surface area (Å²) in [6.07, 6.45) is 1.04. The Morgan fingerprint density at radius 3 is 2.31 bits per heavy atom. The molecule has 0 saturated carbocycles. The highest BCUT2D eigenvalue weighted by molar-refractivity contribution is 7.22. The molecule has 2 heterocycles. The molecular formula is C29H30N4O2S. The Hall–Kier alpha value is -3.55. The Labute approximate surface area is 215 Å². The van der Waals surface area contributed by atoms with Crippen LogP contribution in [0.3, 0.4) is 0 Å². The minimum Gasteiger partial charge on any atom is -0.351 e. The summed E-state index contributed by atoms with van der Waals surface area (Å²) in [5, 5.41) is 4.11. The van der Waals surface area contributed by atoms with Crippen molar-refractivity contribution in [3.05, 3.63) is 95.1 Å². The van der Waals surface area contributed by atoms with E-state index < -0.39 is 0 Å². The standard InChI is InChI=1S/C29H30N4O2S/c1-2-21-8-13-25-26(20-21)36-29(31-25)33-18-16-32(17-19-33)15-14-30-28(35)24-11-9-23(10-12-24)27(34)22-6-4-3-5-7-22/h3-13,20H,2,14-19H2,1H3,(H,30,35). The summed E-state index contributed by atoms with van der Waals surface area (Å²) in [5.74, 6) is -0.161. The molecule has 4 aromatic rings. The van der Waals surface area contributed by atoms with Crippen molar-refractivity contribution < 1.29 is 9.59 Å². The zero-order chi connectivity index (χ0) is 24.9. The number of thiazole rings is 1. The number of piperazine rings is 1. The summed E-state index contributed by atoms with van der Waals surface area (Å²) in [6.45, 7) is 7.34. The van der Waals surface area contributed by atoms with Crippen molar-refractivity contribution in [1.82, 2.24) is 15.2 Å². The van der Waals surface area contributed by atoms with E-state index in [9.17, 15) is 9.59 Å². The van der Waals surface area contributed by atoms with E-state index in [-0.39, 0.29) is 11.7 Å². The number of carbonyl (C=O) groups excluding carboxylic acids is 2. The fraction of sp³-hybridized carbons (Fsp3) is 0.276. The molecule has 1 aliphatic rings. The van der Waals surface area contributed by atoms with E-state index in [2.05, 4.69) is 40.2 Å². The number of fused-ring (bicyclic) bond motifs is 1. The third-order valence-electron chi connectivity index (χ3n) is 6.65. The second-order valence-corrected chi connectivity index (χ2v) is 10.0. The van der Waals surface area contributed by atoms with Gasteiger partial charge < -0.3 is 10.2 Å². The van der Waals surface area contributed by atoms with Crippen molar-refractivity contribution in [1.29, 1.82) is 0 Å². The van der Waals surface area contributed by atoms with E-state index in [0.29, 0.717) is 23.2 Å². The van der Waals surface area contributed by atoms with Gasteiger partial charge in [0.2, 0.25) is 0 Å². The maximum Gasteiger partial charge on any atom is 0.251 e. The largest absolute Gasteiger partial charge is 0.351 e. The fourth-order valence-corrected chi connectivity index (χ4v) is 5.51. The number of ketones is 1. The van der Waals surface area contributed by atoms with Crippen LogP contribution in [0.2, 0.25) is 0 Å². The zero-order valence-corrected chi connectivity index (χ0v) is 21.3. The van der Waals surface area contributed by atoms with Crippen LogP contribution in [0.15, 0.2) is 72.8 Å². The number of benzene rings is 3. The predicted molar refractivity (Wildman–Crippen MR) is 146 cm³/mol. The van der Waals surface area contributed by atoms with Crippen molar-refractivity contribution in [2.24, 2.45) is 0 Å². The molecule has 3 aromatic carbocycles. The number of carbonyl (C=O) groups is 2. The molecule has 1 fully saturated rings. The van der Waals surface area contributed by atoms with Crippen LogP contribution < -0.4 is 10.2 Å². The molecule has 0 spiro atoms. The Morgan fingerprint density at radius 1 is 0.889 bits per heavy atom. The molecule has 1 aromatic heterocycles. The van der Waals surface area contributed by atoms with Crippen LogP contribution in [0, 0.1) is 0 Å². The first-order valence-corrected chi connectivity index (χ1v) is 13.3. The van der Waals surface area contributed by atoms with Crippen molar-refractivity contribution >= 4 is 38.4 Å². The molecule has 36 heavy (non-hydrogen) atoms. The van der Waals surface area contributed by atoms with Gasteiger partial charge in [-0.05, 0) is 36.2 Å². The van der Waals surface area contributed by atoms with Crippen LogP contribution in [0.4, 0.5) is 5.13 Å². The molecule has 0 aliphatic carbocycles. The van der Waals surface area contributed by atoms with Gasteiger partial charge >= 0.3 is 0 Å². The summed E-state index contributed by atoms with van der Waals surface area (Å²) in [6, 6.07) is 22.6. The Balaban J connectivity index is 1.08. The highest BCUT2D eigenvalue weighted by atomic mass is 32.1. The molecule has 6 nitrogen and oxygen atoms in total.